The second-order valence-electron chi connectivity index (χ2n) is 4.39. The molecule has 0 radical (unpaired) electrons. The number of aliphatic hydroxyl groups is 1. The monoisotopic (exact) mass is 303 g/mol. The zero-order valence-corrected chi connectivity index (χ0v) is 12.2. The van der Waals surface area contributed by atoms with Crippen LogP contribution in [0.25, 0.3) is 10.1 Å². The molecule has 1 unspecified atom stereocenters. The summed E-state index contributed by atoms with van der Waals surface area (Å²) in [6, 6.07) is 11.6. The first kappa shape index (κ1) is 13.3. The van der Waals surface area contributed by atoms with Crippen molar-refractivity contribution >= 4 is 38.7 Å². The third kappa shape index (κ3) is 2.60. The molecule has 1 atom stereocenters. The minimum atomic E-state index is -0.685. The van der Waals surface area contributed by atoms with Crippen LogP contribution >= 0.6 is 22.7 Å². The summed E-state index contributed by atoms with van der Waals surface area (Å²) in [6.07, 6.45) is -0.685. The number of hydrogen-bond acceptors (Lipinski definition) is 4. The fourth-order valence-corrected chi connectivity index (χ4v) is 3.70. The molecular weight excluding hydrogens is 290 g/mol. The summed E-state index contributed by atoms with van der Waals surface area (Å²) in [4.78, 5) is 12.5. The molecule has 102 valence electrons. The lowest BCUT2D eigenvalue weighted by Gasteiger charge is -2.11. The summed E-state index contributed by atoms with van der Waals surface area (Å²) < 4.78 is 1.14. The molecule has 2 heterocycles. The Morgan fingerprint density at radius 2 is 2.05 bits per heavy atom. The van der Waals surface area contributed by atoms with Gasteiger partial charge in [0.15, 0.2) is 0 Å². The predicted octanol–water partition coefficient (Wildman–Crippen LogP) is 3.43. The molecule has 20 heavy (non-hydrogen) atoms. The third-order valence-corrected chi connectivity index (χ3v) is 4.92. The number of nitrogens with one attached hydrogen (secondary N) is 1. The number of carbonyl (C=O) groups excluding carboxylic acids is 1. The number of rotatable bonds is 4. The van der Waals surface area contributed by atoms with Gasteiger partial charge in [-0.3, -0.25) is 4.79 Å². The molecule has 0 saturated carbocycles. The molecule has 1 aromatic carbocycles. The van der Waals surface area contributed by atoms with Gasteiger partial charge >= 0.3 is 0 Å². The van der Waals surface area contributed by atoms with Crippen LogP contribution < -0.4 is 5.32 Å². The minimum Gasteiger partial charge on any atom is -0.387 e. The quantitative estimate of drug-likeness (QED) is 0.776. The van der Waals surface area contributed by atoms with Crippen molar-refractivity contribution < 1.29 is 9.90 Å². The van der Waals surface area contributed by atoms with Crippen molar-refractivity contribution in [1.82, 2.24) is 5.32 Å². The van der Waals surface area contributed by atoms with Crippen LogP contribution in [-0.2, 0) is 0 Å². The first-order valence-electron chi connectivity index (χ1n) is 6.21. The van der Waals surface area contributed by atoms with E-state index in [0.717, 1.165) is 15.6 Å². The van der Waals surface area contributed by atoms with Gasteiger partial charge in [-0.25, -0.2) is 0 Å². The molecule has 2 aromatic heterocycles. The van der Waals surface area contributed by atoms with Crippen molar-refractivity contribution in [2.24, 2.45) is 0 Å². The van der Waals surface area contributed by atoms with Crippen LogP contribution in [0.4, 0.5) is 0 Å². The Kier molecular flexibility index (Phi) is 3.82. The van der Waals surface area contributed by atoms with Crippen molar-refractivity contribution in [2.75, 3.05) is 6.54 Å². The van der Waals surface area contributed by atoms with Gasteiger partial charge in [-0.1, -0.05) is 24.3 Å². The molecule has 0 aliphatic rings. The number of thiophene rings is 2. The average Bonchev–Trinajstić information content (AvgIpc) is 3.13. The molecule has 3 aromatic rings. The summed E-state index contributed by atoms with van der Waals surface area (Å²) >= 11 is 2.99. The maximum Gasteiger partial charge on any atom is 0.261 e. The lowest BCUT2D eigenvalue weighted by atomic mass is 10.1. The largest absolute Gasteiger partial charge is 0.387 e. The van der Waals surface area contributed by atoms with E-state index in [0.29, 0.717) is 4.88 Å². The van der Waals surface area contributed by atoms with Gasteiger partial charge in [-0.15, -0.1) is 22.7 Å². The van der Waals surface area contributed by atoms with E-state index in [2.05, 4.69) is 5.32 Å². The Morgan fingerprint density at radius 1 is 1.20 bits per heavy atom. The predicted molar refractivity (Wildman–Crippen MR) is 83.4 cm³/mol. The van der Waals surface area contributed by atoms with Crippen molar-refractivity contribution in [1.29, 1.82) is 0 Å². The molecule has 5 heteroatoms. The number of amides is 1. The first-order chi connectivity index (χ1) is 9.75. The second-order valence-corrected chi connectivity index (χ2v) is 6.25. The van der Waals surface area contributed by atoms with Gasteiger partial charge in [-0.2, -0.15) is 0 Å². The van der Waals surface area contributed by atoms with Gasteiger partial charge in [-0.05, 0) is 28.3 Å². The number of aliphatic hydroxyl groups excluding tert-OH is 1. The third-order valence-electron chi connectivity index (χ3n) is 3.07. The summed E-state index contributed by atoms with van der Waals surface area (Å²) in [6.45, 7) is 0.220. The normalized spacial score (nSPS) is 12.4. The average molecular weight is 303 g/mol. The number of benzene rings is 1. The van der Waals surface area contributed by atoms with Gasteiger partial charge in [0.05, 0.1) is 11.0 Å². The molecule has 3 nitrogen and oxygen atoms in total. The summed E-state index contributed by atoms with van der Waals surface area (Å²) in [5, 5.41) is 17.9. The lowest BCUT2D eigenvalue weighted by molar-refractivity contribution is 0.0921. The van der Waals surface area contributed by atoms with Crippen LogP contribution in [0.1, 0.15) is 21.3 Å². The van der Waals surface area contributed by atoms with E-state index < -0.39 is 6.10 Å². The van der Waals surface area contributed by atoms with E-state index in [1.807, 2.05) is 41.1 Å². The highest BCUT2D eigenvalue weighted by Crippen LogP contribution is 2.29. The zero-order chi connectivity index (χ0) is 13.9. The van der Waals surface area contributed by atoms with Crippen molar-refractivity contribution in [3.05, 3.63) is 57.6 Å². The lowest BCUT2D eigenvalue weighted by Crippen LogP contribution is -2.27. The Morgan fingerprint density at radius 3 is 2.85 bits per heavy atom. The van der Waals surface area contributed by atoms with Gasteiger partial charge in [0.2, 0.25) is 0 Å². The standard InChI is InChI=1S/C15H13NO2S2/c17-12(8-16-15(18)14-6-3-7-19-14)11-9-20-13-5-2-1-4-10(11)13/h1-7,9,12,17H,8H2,(H,16,18). The molecule has 1 amide bonds. The zero-order valence-electron chi connectivity index (χ0n) is 10.6. The van der Waals surface area contributed by atoms with Crippen molar-refractivity contribution in [2.45, 2.75) is 6.10 Å². The molecule has 3 rings (SSSR count). The van der Waals surface area contributed by atoms with Crippen LogP contribution in [0.2, 0.25) is 0 Å². The molecule has 0 fully saturated rings. The van der Waals surface area contributed by atoms with E-state index in [9.17, 15) is 9.90 Å². The summed E-state index contributed by atoms with van der Waals surface area (Å²) in [5.41, 5.74) is 0.872. The number of fused-ring (bicyclic) bond motifs is 1. The van der Waals surface area contributed by atoms with Crippen molar-refractivity contribution in [3.63, 3.8) is 0 Å². The highest BCUT2D eigenvalue weighted by molar-refractivity contribution is 7.17. The smallest absolute Gasteiger partial charge is 0.261 e. The summed E-state index contributed by atoms with van der Waals surface area (Å²) in [5.74, 6) is -0.140. The van der Waals surface area contributed by atoms with Crippen LogP contribution in [0, 0.1) is 0 Å². The highest BCUT2D eigenvalue weighted by atomic mass is 32.1. The van der Waals surface area contributed by atoms with Gasteiger partial charge < -0.3 is 10.4 Å². The number of carbonyl (C=O) groups is 1. The SMILES string of the molecule is O=C(NCC(O)c1csc2ccccc12)c1cccs1. The second kappa shape index (κ2) is 5.75. The van der Waals surface area contributed by atoms with Crippen LogP contribution in [0.3, 0.4) is 0 Å². The molecule has 2 N–H and O–H groups in total. The molecule has 0 aliphatic heterocycles. The Labute approximate surface area is 124 Å². The van der Waals surface area contributed by atoms with E-state index in [1.54, 1.807) is 17.4 Å². The molecule has 0 aliphatic carbocycles. The maximum atomic E-state index is 11.8. The minimum absolute atomic E-state index is 0.140. The first-order valence-corrected chi connectivity index (χ1v) is 7.97. The number of hydrogen-bond donors (Lipinski definition) is 2. The maximum absolute atomic E-state index is 11.8. The Bertz CT molecular complexity index is 718. The van der Waals surface area contributed by atoms with E-state index >= 15 is 0 Å². The van der Waals surface area contributed by atoms with E-state index in [4.69, 9.17) is 0 Å². The van der Waals surface area contributed by atoms with Crippen LogP contribution in [0.5, 0.6) is 0 Å². The fourth-order valence-electron chi connectivity index (χ4n) is 2.05. The van der Waals surface area contributed by atoms with Crippen molar-refractivity contribution in [3.8, 4) is 0 Å². The van der Waals surface area contributed by atoms with Gasteiger partial charge in [0, 0.05) is 16.8 Å². The topological polar surface area (TPSA) is 49.3 Å². The van der Waals surface area contributed by atoms with Crippen LogP contribution in [-0.4, -0.2) is 17.6 Å². The summed E-state index contributed by atoms with van der Waals surface area (Å²) in [7, 11) is 0. The highest BCUT2D eigenvalue weighted by Gasteiger charge is 2.14. The molecule has 0 bridgehead atoms. The van der Waals surface area contributed by atoms with Crippen LogP contribution in [0.15, 0.2) is 47.2 Å². The van der Waals surface area contributed by atoms with E-state index in [-0.39, 0.29) is 12.5 Å². The fraction of sp³-hybridized carbons (Fsp3) is 0.133. The van der Waals surface area contributed by atoms with Gasteiger partial charge in [0.1, 0.15) is 0 Å². The van der Waals surface area contributed by atoms with E-state index in [1.165, 1.54) is 11.3 Å². The molecular formula is C15H13NO2S2. The Balaban J connectivity index is 1.70. The van der Waals surface area contributed by atoms with Gasteiger partial charge in [0.25, 0.3) is 5.91 Å². The molecule has 0 spiro atoms. The Hall–Kier alpha value is -1.69. The molecule has 0 saturated heterocycles.